The first kappa shape index (κ1) is 22.9. The molecule has 0 atom stereocenters. The topological polar surface area (TPSA) is 63.6 Å². The summed E-state index contributed by atoms with van der Waals surface area (Å²) in [6.45, 7) is 5.97. The van der Waals surface area contributed by atoms with Crippen LogP contribution in [0, 0.1) is 17.6 Å². The predicted octanol–water partition coefficient (Wildman–Crippen LogP) is 2.97. The second kappa shape index (κ2) is 10.0. The van der Waals surface area contributed by atoms with E-state index in [1.54, 1.807) is 4.57 Å². The third-order valence-electron chi connectivity index (χ3n) is 5.58. The molecule has 1 aliphatic rings. The smallest absolute Gasteiger partial charge is 0.256 e. The van der Waals surface area contributed by atoms with Gasteiger partial charge in [-0.15, -0.1) is 0 Å². The fourth-order valence-corrected chi connectivity index (χ4v) is 3.83. The molecule has 8 heteroatoms. The molecule has 2 heterocycles. The molecule has 0 spiro atoms. The second-order valence-electron chi connectivity index (χ2n) is 8.19. The molecule has 1 aromatic carbocycles. The summed E-state index contributed by atoms with van der Waals surface area (Å²) >= 11 is 0. The maximum atomic E-state index is 14.1. The van der Waals surface area contributed by atoms with Crippen molar-refractivity contribution in [2.45, 2.75) is 39.8 Å². The number of hydrogen-bond acceptors (Lipinski definition) is 4. The van der Waals surface area contributed by atoms with Crippen molar-refractivity contribution in [1.29, 1.82) is 0 Å². The van der Waals surface area contributed by atoms with Gasteiger partial charge < -0.3 is 14.6 Å². The highest BCUT2D eigenvalue weighted by Crippen LogP contribution is 2.24. The van der Waals surface area contributed by atoms with Gasteiger partial charge in [0.15, 0.2) is 0 Å². The highest BCUT2D eigenvalue weighted by atomic mass is 19.1. The van der Waals surface area contributed by atoms with Crippen LogP contribution < -0.4 is 15.6 Å². The van der Waals surface area contributed by atoms with Crippen molar-refractivity contribution in [2.75, 3.05) is 26.7 Å². The van der Waals surface area contributed by atoms with E-state index in [9.17, 15) is 18.4 Å². The molecule has 0 fully saturated rings. The number of aromatic nitrogens is 1. The summed E-state index contributed by atoms with van der Waals surface area (Å²) < 4.78 is 35.1. The number of ether oxygens (including phenoxy) is 1. The molecule has 6 nitrogen and oxygen atoms in total. The van der Waals surface area contributed by atoms with Crippen LogP contribution in [-0.2, 0) is 19.5 Å². The SMILES string of the molecule is COc1cc(=O)n2c(c1C(=O)NCCC(C)C)CCN(Cc1c(F)cccc1F)CC2. The summed E-state index contributed by atoms with van der Waals surface area (Å²) in [6.07, 6.45) is 1.22. The quantitative estimate of drug-likeness (QED) is 0.729. The molecule has 1 N–H and O–H groups in total. The van der Waals surface area contributed by atoms with Crippen molar-refractivity contribution in [3.05, 3.63) is 63.1 Å². The fraction of sp³-hybridized carbons (Fsp3) is 0.478. The monoisotopic (exact) mass is 433 g/mol. The third-order valence-corrected chi connectivity index (χ3v) is 5.58. The van der Waals surface area contributed by atoms with Crippen LogP contribution in [0.2, 0.25) is 0 Å². The van der Waals surface area contributed by atoms with Crippen LogP contribution in [0.3, 0.4) is 0 Å². The molecule has 1 aliphatic heterocycles. The average Bonchev–Trinajstić information content (AvgIpc) is 2.93. The maximum absolute atomic E-state index is 14.1. The lowest BCUT2D eigenvalue weighted by molar-refractivity contribution is 0.0946. The molecule has 0 radical (unpaired) electrons. The number of hydrogen-bond donors (Lipinski definition) is 1. The molecule has 1 aromatic heterocycles. The summed E-state index contributed by atoms with van der Waals surface area (Å²) in [5, 5.41) is 2.91. The summed E-state index contributed by atoms with van der Waals surface area (Å²) in [5.74, 6) is -0.775. The van der Waals surface area contributed by atoms with E-state index in [4.69, 9.17) is 4.74 Å². The zero-order chi connectivity index (χ0) is 22.5. The van der Waals surface area contributed by atoms with Gasteiger partial charge in [-0.25, -0.2) is 8.78 Å². The number of nitrogens with zero attached hydrogens (tertiary/aromatic N) is 2. The molecule has 168 valence electrons. The van der Waals surface area contributed by atoms with Crippen LogP contribution in [0.15, 0.2) is 29.1 Å². The Morgan fingerprint density at radius 2 is 1.90 bits per heavy atom. The minimum absolute atomic E-state index is 0.00466. The Hall–Kier alpha value is -2.74. The van der Waals surface area contributed by atoms with Gasteiger partial charge in [0.1, 0.15) is 22.9 Å². The maximum Gasteiger partial charge on any atom is 0.256 e. The Kier molecular flexibility index (Phi) is 7.43. The molecule has 0 bridgehead atoms. The average molecular weight is 433 g/mol. The minimum Gasteiger partial charge on any atom is -0.496 e. The zero-order valence-electron chi connectivity index (χ0n) is 18.2. The molecule has 3 rings (SSSR count). The lowest BCUT2D eigenvalue weighted by Gasteiger charge is -2.20. The predicted molar refractivity (Wildman–Crippen MR) is 114 cm³/mol. The van der Waals surface area contributed by atoms with Crippen LogP contribution in [0.25, 0.3) is 0 Å². The molecule has 0 saturated carbocycles. The van der Waals surface area contributed by atoms with Crippen LogP contribution in [0.4, 0.5) is 8.78 Å². The molecule has 31 heavy (non-hydrogen) atoms. The van der Waals surface area contributed by atoms with Gasteiger partial charge in [0, 0.05) is 56.5 Å². The van der Waals surface area contributed by atoms with Gasteiger partial charge in [-0.1, -0.05) is 19.9 Å². The van der Waals surface area contributed by atoms with Crippen LogP contribution in [0.1, 0.15) is 41.9 Å². The number of halogens is 2. The number of pyridine rings is 1. The van der Waals surface area contributed by atoms with Crippen LogP contribution in [0.5, 0.6) is 5.75 Å². The number of fused-ring (bicyclic) bond motifs is 1. The summed E-state index contributed by atoms with van der Waals surface area (Å²) in [7, 11) is 1.43. The van der Waals surface area contributed by atoms with Crippen LogP contribution >= 0.6 is 0 Å². The lowest BCUT2D eigenvalue weighted by Crippen LogP contribution is -2.32. The first-order chi connectivity index (χ1) is 14.8. The van der Waals surface area contributed by atoms with E-state index in [1.807, 2.05) is 4.90 Å². The van der Waals surface area contributed by atoms with Crippen molar-refractivity contribution in [3.8, 4) is 5.75 Å². The van der Waals surface area contributed by atoms with E-state index in [0.29, 0.717) is 49.8 Å². The Balaban J connectivity index is 1.86. The summed E-state index contributed by atoms with van der Waals surface area (Å²) in [5.41, 5.74) is 0.683. The molecular weight excluding hydrogens is 404 g/mol. The van der Waals surface area contributed by atoms with Gasteiger partial charge >= 0.3 is 0 Å². The third kappa shape index (κ3) is 5.31. The van der Waals surface area contributed by atoms with Crippen molar-refractivity contribution in [1.82, 2.24) is 14.8 Å². The number of methoxy groups -OCH3 is 1. The van der Waals surface area contributed by atoms with Gasteiger partial charge in [0.25, 0.3) is 11.5 Å². The number of carbonyl (C=O) groups is 1. The highest BCUT2D eigenvalue weighted by Gasteiger charge is 2.25. The van der Waals surface area contributed by atoms with Gasteiger partial charge in [-0.05, 0) is 24.5 Å². The van der Waals surface area contributed by atoms with E-state index < -0.39 is 11.6 Å². The molecule has 0 unspecified atom stereocenters. The molecule has 2 aromatic rings. The number of carbonyl (C=O) groups excluding carboxylic acids is 1. The molecular formula is C23H29F2N3O3. The van der Waals surface area contributed by atoms with E-state index >= 15 is 0 Å². The first-order valence-electron chi connectivity index (χ1n) is 10.6. The second-order valence-corrected chi connectivity index (χ2v) is 8.19. The van der Waals surface area contributed by atoms with Gasteiger partial charge in [-0.3, -0.25) is 14.5 Å². The lowest BCUT2D eigenvalue weighted by atomic mass is 10.1. The minimum atomic E-state index is -0.592. The molecule has 0 saturated heterocycles. The van der Waals surface area contributed by atoms with E-state index in [1.165, 1.54) is 31.4 Å². The Labute approximate surface area is 180 Å². The van der Waals surface area contributed by atoms with Crippen molar-refractivity contribution in [3.63, 3.8) is 0 Å². The number of rotatable bonds is 7. The van der Waals surface area contributed by atoms with Crippen molar-refractivity contribution < 1.29 is 18.3 Å². The van der Waals surface area contributed by atoms with Crippen molar-refractivity contribution in [2.24, 2.45) is 5.92 Å². The Morgan fingerprint density at radius 1 is 1.19 bits per heavy atom. The summed E-state index contributed by atoms with van der Waals surface area (Å²) in [4.78, 5) is 27.5. The largest absolute Gasteiger partial charge is 0.496 e. The first-order valence-corrected chi connectivity index (χ1v) is 10.6. The summed E-state index contributed by atoms with van der Waals surface area (Å²) in [6, 6.07) is 5.13. The Bertz CT molecular complexity index is 984. The zero-order valence-corrected chi connectivity index (χ0v) is 18.2. The van der Waals surface area contributed by atoms with Crippen molar-refractivity contribution >= 4 is 5.91 Å². The fourth-order valence-electron chi connectivity index (χ4n) is 3.83. The molecule has 1 amide bonds. The number of benzene rings is 1. The van der Waals surface area contributed by atoms with E-state index in [-0.39, 0.29) is 29.3 Å². The van der Waals surface area contributed by atoms with Gasteiger partial charge in [-0.2, -0.15) is 0 Å². The normalized spacial score (nSPS) is 14.3. The van der Waals surface area contributed by atoms with Gasteiger partial charge in [0.2, 0.25) is 0 Å². The van der Waals surface area contributed by atoms with Crippen LogP contribution in [-0.4, -0.2) is 42.1 Å². The Morgan fingerprint density at radius 3 is 2.55 bits per heavy atom. The number of amides is 1. The highest BCUT2D eigenvalue weighted by molar-refractivity contribution is 5.98. The standard InChI is InChI=1S/C23H29F2N3O3/c1-15(2)7-9-26-23(30)22-19-8-10-27(14-16-17(24)5-4-6-18(16)25)11-12-28(19)21(29)13-20(22)31-3/h4-6,13,15H,7-12,14H2,1-3H3,(H,26,30). The molecule has 0 aliphatic carbocycles. The van der Waals surface area contributed by atoms with E-state index in [0.717, 1.165) is 6.42 Å². The van der Waals surface area contributed by atoms with E-state index in [2.05, 4.69) is 19.2 Å². The number of nitrogens with one attached hydrogen (secondary N) is 1. The van der Waals surface area contributed by atoms with Gasteiger partial charge in [0.05, 0.1) is 7.11 Å².